The number of hydrogen-bond donors (Lipinski definition) is 0. The third-order valence-electron chi connectivity index (χ3n) is 12.5. The van der Waals surface area contributed by atoms with Gasteiger partial charge in [0, 0.05) is 16.5 Å². The van der Waals surface area contributed by atoms with Gasteiger partial charge in [0.1, 0.15) is 0 Å². The van der Waals surface area contributed by atoms with Crippen molar-refractivity contribution in [1.82, 2.24) is 9.97 Å². The lowest BCUT2D eigenvalue weighted by Crippen LogP contribution is -2.25. The van der Waals surface area contributed by atoms with Crippen LogP contribution in [0.4, 0.5) is 0 Å². The molecular weight excluding hydrogens is 713 g/mol. The van der Waals surface area contributed by atoms with Gasteiger partial charge in [-0.1, -0.05) is 206 Å². The molecule has 0 N–H and O–H groups in total. The van der Waals surface area contributed by atoms with E-state index in [1.54, 1.807) is 0 Å². The fourth-order valence-corrected chi connectivity index (χ4v) is 10.0. The standard InChI is InChI=1S/C57H36N2/c1-3-16-37(17-4-1)38-30-32-40(33-31-38)55-48-36-41(43-21-8-7-20-42(43)39-18-5-2-6-19-39)34-35-53(48)58-56(59-55)47-25-15-29-52-54(47)46-24-11-14-28-51(46)57(52)49-26-12-9-22-44(49)45-23-10-13-27-50(45)57/h1-36H. The summed E-state index contributed by atoms with van der Waals surface area (Å²) in [5, 5.41) is 1.02. The monoisotopic (exact) mass is 748 g/mol. The molecule has 10 aromatic rings. The Morgan fingerprint density at radius 1 is 0.288 bits per heavy atom. The largest absolute Gasteiger partial charge is 0.228 e. The van der Waals surface area contributed by atoms with Crippen molar-refractivity contribution in [1.29, 1.82) is 0 Å². The lowest BCUT2D eigenvalue weighted by molar-refractivity contribution is 0.794. The number of hydrogen-bond acceptors (Lipinski definition) is 2. The molecule has 0 saturated heterocycles. The normalized spacial score (nSPS) is 12.9. The Labute approximate surface area is 343 Å². The third kappa shape index (κ3) is 5.00. The van der Waals surface area contributed by atoms with Crippen LogP contribution in [0.5, 0.6) is 0 Å². The molecule has 2 aliphatic rings. The molecule has 2 nitrogen and oxygen atoms in total. The second kappa shape index (κ2) is 13.2. The fourth-order valence-electron chi connectivity index (χ4n) is 10.0. The predicted octanol–water partition coefficient (Wildman–Crippen LogP) is 14.3. The number of rotatable bonds is 5. The van der Waals surface area contributed by atoms with Crippen molar-refractivity contribution < 1.29 is 0 Å². The highest BCUT2D eigenvalue weighted by atomic mass is 14.9. The smallest absolute Gasteiger partial charge is 0.161 e. The SMILES string of the molecule is c1ccc(-c2ccc(-c3nc(-c4cccc5c4-c4ccccc4C54c5ccccc5-c5ccccc54)nc4ccc(-c5ccccc5-c5ccccc5)cc34)cc2)cc1. The van der Waals surface area contributed by atoms with E-state index < -0.39 is 5.41 Å². The highest BCUT2D eigenvalue weighted by molar-refractivity contribution is 6.02. The quantitative estimate of drug-likeness (QED) is 0.175. The molecule has 0 fully saturated rings. The van der Waals surface area contributed by atoms with Gasteiger partial charge in [-0.2, -0.15) is 0 Å². The number of nitrogens with zero attached hydrogens (tertiary/aromatic N) is 2. The van der Waals surface area contributed by atoms with E-state index in [1.807, 2.05) is 0 Å². The maximum absolute atomic E-state index is 5.60. The maximum atomic E-state index is 5.60. The minimum atomic E-state index is -0.441. The van der Waals surface area contributed by atoms with Gasteiger partial charge in [0.05, 0.1) is 16.6 Å². The molecule has 1 spiro atoms. The number of aromatic nitrogens is 2. The van der Waals surface area contributed by atoms with Crippen molar-refractivity contribution in [3.05, 3.63) is 241 Å². The van der Waals surface area contributed by atoms with Gasteiger partial charge in [0.25, 0.3) is 0 Å². The second-order valence-electron chi connectivity index (χ2n) is 15.6. The molecule has 0 radical (unpaired) electrons. The lowest BCUT2D eigenvalue weighted by Gasteiger charge is -2.30. The Kier molecular flexibility index (Phi) is 7.48. The van der Waals surface area contributed by atoms with E-state index in [-0.39, 0.29) is 0 Å². The van der Waals surface area contributed by atoms with Crippen LogP contribution in [0.3, 0.4) is 0 Å². The van der Waals surface area contributed by atoms with Crippen LogP contribution in [0, 0.1) is 0 Å². The minimum absolute atomic E-state index is 0.441. The zero-order chi connectivity index (χ0) is 38.9. The molecule has 2 heteroatoms. The van der Waals surface area contributed by atoms with Crippen LogP contribution < -0.4 is 0 Å². The van der Waals surface area contributed by atoms with E-state index in [0.29, 0.717) is 0 Å². The van der Waals surface area contributed by atoms with Crippen LogP contribution in [0.1, 0.15) is 22.3 Å². The summed E-state index contributed by atoms with van der Waals surface area (Å²) in [6, 6.07) is 79.0. The molecule has 12 rings (SSSR count). The molecule has 59 heavy (non-hydrogen) atoms. The predicted molar refractivity (Wildman–Crippen MR) is 243 cm³/mol. The molecule has 0 bridgehead atoms. The van der Waals surface area contributed by atoms with Crippen LogP contribution in [-0.2, 0) is 5.41 Å². The summed E-state index contributed by atoms with van der Waals surface area (Å²) >= 11 is 0. The first kappa shape index (κ1) is 33.5. The first-order valence-corrected chi connectivity index (χ1v) is 20.3. The fraction of sp³-hybridized carbons (Fsp3) is 0.0175. The molecule has 0 amide bonds. The highest BCUT2D eigenvalue weighted by Gasteiger charge is 2.52. The Balaban J connectivity index is 1.10. The summed E-state index contributed by atoms with van der Waals surface area (Å²) < 4.78 is 0. The molecule has 1 aromatic heterocycles. The highest BCUT2D eigenvalue weighted by Crippen LogP contribution is 2.63. The van der Waals surface area contributed by atoms with Gasteiger partial charge in [-0.3, -0.25) is 0 Å². The Morgan fingerprint density at radius 3 is 1.41 bits per heavy atom. The van der Waals surface area contributed by atoms with Gasteiger partial charge in [-0.05, 0) is 90.0 Å². The lowest BCUT2D eigenvalue weighted by atomic mass is 9.70. The Bertz CT molecular complexity index is 3210. The first-order chi connectivity index (χ1) is 29.3. The van der Waals surface area contributed by atoms with Crippen molar-refractivity contribution in [2.75, 3.05) is 0 Å². The van der Waals surface area contributed by atoms with Gasteiger partial charge in [-0.15, -0.1) is 0 Å². The minimum Gasteiger partial charge on any atom is -0.228 e. The van der Waals surface area contributed by atoms with Crippen molar-refractivity contribution in [3.63, 3.8) is 0 Å². The average molecular weight is 749 g/mol. The van der Waals surface area contributed by atoms with E-state index in [2.05, 4.69) is 218 Å². The molecule has 2 aliphatic carbocycles. The van der Waals surface area contributed by atoms with Crippen molar-refractivity contribution in [2.24, 2.45) is 0 Å². The molecule has 0 unspecified atom stereocenters. The van der Waals surface area contributed by atoms with E-state index in [9.17, 15) is 0 Å². The third-order valence-corrected chi connectivity index (χ3v) is 12.5. The second-order valence-corrected chi connectivity index (χ2v) is 15.6. The van der Waals surface area contributed by atoms with Gasteiger partial charge >= 0.3 is 0 Å². The van der Waals surface area contributed by atoms with Crippen molar-refractivity contribution >= 4 is 10.9 Å². The zero-order valence-corrected chi connectivity index (χ0v) is 32.2. The van der Waals surface area contributed by atoms with Crippen LogP contribution in [0.15, 0.2) is 218 Å². The molecular formula is C57H36N2. The molecule has 1 heterocycles. The molecule has 0 saturated carbocycles. The molecule has 9 aromatic carbocycles. The molecule has 274 valence electrons. The van der Waals surface area contributed by atoms with E-state index in [1.165, 1.54) is 72.3 Å². The topological polar surface area (TPSA) is 25.8 Å². The maximum Gasteiger partial charge on any atom is 0.161 e. The van der Waals surface area contributed by atoms with Gasteiger partial charge < -0.3 is 0 Å². The summed E-state index contributed by atoms with van der Waals surface area (Å²) in [5.74, 6) is 0.723. The van der Waals surface area contributed by atoms with E-state index >= 15 is 0 Å². The molecule has 0 aliphatic heterocycles. The van der Waals surface area contributed by atoms with Crippen LogP contribution >= 0.6 is 0 Å². The Morgan fingerprint density at radius 2 is 0.746 bits per heavy atom. The molecule has 0 atom stereocenters. The van der Waals surface area contributed by atoms with Gasteiger partial charge in [0.15, 0.2) is 5.82 Å². The zero-order valence-electron chi connectivity index (χ0n) is 32.2. The number of fused-ring (bicyclic) bond motifs is 11. The van der Waals surface area contributed by atoms with Gasteiger partial charge in [0.2, 0.25) is 0 Å². The summed E-state index contributed by atoms with van der Waals surface area (Å²) in [7, 11) is 0. The van der Waals surface area contributed by atoms with Crippen molar-refractivity contribution in [2.45, 2.75) is 5.41 Å². The summed E-state index contributed by atoms with van der Waals surface area (Å²) in [6.07, 6.45) is 0. The van der Waals surface area contributed by atoms with Crippen LogP contribution in [-0.4, -0.2) is 9.97 Å². The van der Waals surface area contributed by atoms with Gasteiger partial charge in [-0.25, -0.2) is 9.97 Å². The average Bonchev–Trinajstić information content (AvgIpc) is 3.79. The Hall–Kier alpha value is -7.68. The summed E-state index contributed by atoms with van der Waals surface area (Å²) in [4.78, 5) is 11.1. The van der Waals surface area contributed by atoms with E-state index in [4.69, 9.17) is 9.97 Å². The van der Waals surface area contributed by atoms with E-state index in [0.717, 1.165) is 39.1 Å². The summed E-state index contributed by atoms with van der Waals surface area (Å²) in [6.45, 7) is 0. The number of benzene rings is 9. The van der Waals surface area contributed by atoms with Crippen LogP contribution in [0.2, 0.25) is 0 Å². The summed E-state index contributed by atoms with van der Waals surface area (Å²) in [5.41, 5.74) is 20.8. The van der Waals surface area contributed by atoms with Crippen LogP contribution in [0.25, 0.3) is 89.2 Å². The van der Waals surface area contributed by atoms with Crippen molar-refractivity contribution in [3.8, 4) is 78.3 Å². The first-order valence-electron chi connectivity index (χ1n) is 20.3.